The zero-order chi connectivity index (χ0) is 8.10. The molecule has 0 saturated carbocycles. The minimum absolute atomic E-state index is 0.615. The SMILES string of the molecule is CCc1ccc(OON)cc1. The van der Waals surface area contributed by atoms with Gasteiger partial charge in [0.05, 0.1) is 0 Å². The minimum Gasteiger partial charge on any atom is -0.320 e. The highest BCUT2D eigenvalue weighted by Gasteiger charge is 1.92. The summed E-state index contributed by atoms with van der Waals surface area (Å²) in [6, 6.07) is 7.56. The number of hydrogen-bond acceptors (Lipinski definition) is 3. The summed E-state index contributed by atoms with van der Waals surface area (Å²) in [5.41, 5.74) is 1.26. The second kappa shape index (κ2) is 3.95. The largest absolute Gasteiger partial charge is 0.320 e. The zero-order valence-electron chi connectivity index (χ0n) is 6.41. The molecule has 0 bridgehead atoms. The maximum absolute atomic E-state index is 4.71. The molecule has 1 aromatic carbocycles. The van der Waals surface area contributed by atoms with Gasteiger partial charge in [0.1, 0.15) is 0 Å². The first-order chi connectivity index (χ1) is 5.36. The van der Waals surface area contributed by atoms with Gasteiger partial charge in [-0.3, -0.25) is 0 Å². The Balaban J connectivity index is 2.66. The van der Waals surface area contributed by atoms with Gasteiger partial charge in [0, 0.05) is 0 Å². The van der Waals surface area contributed by atoms with E-state index < -0.39 is 0 Å². The third kappa shape index (κ3) is 2.22. The maximum atomic E-state index is 4.71. The highest BCUT2D eigenvalue weighted by Crippen LogP contribution is 2.11. The predicted octanol–water partition coefficient (Wildman–Crippen LogP) is 1.43. The van der Waals surface area contributed by atoms with Crippen molar-refractivity contribution in [2.24, 2.45) is 5.90 Å². The molecule has 0 aliphatic carbocycles. The van der Waals surface area contributed by atoms with Crippen LogP contribution in [-0.4, -0.2) is 0 Å². The van der Waals surface area contributed by atoms with E-state index in [0.29, 0.717) is 5.75 Å². The highest BCUT2D eigenvalue weighted by molar-refractivity contribution is 5.26. The van der Waals surface area contributed by atoms with Gasteiger partial charge in [-0.1, -0.05) is 24.0 Å². The molecule has 1 aromatic rings. The van der Waals surface area contributed by atoms with E-state index in [-0.39, 0.29) is 0 Å². The molecule has 0 aromatic heterocycles. The van der Waals surface area contributed by atoms with E-state index in [4.69, 9.17) is 5.90 Å². The second-order valence-electron chi connectivity index (χ2n) is 2.18. The molecule has 0 aliphatic heterocycles. The van der Waals surface area contributed by atoms with Crippen molar-refractivity contribution in [2.45, 2.75) is 13.3 Å². The first kappa shape index (κ1) is 8.04. The topological polar surface area (TPSA) is 44.5 Å². The highest BCUT2D eigenvalue weighted by atomic mass is 17.3. The molecule has 2 N–H and O–H groups in total. The smallest absolute Gasteiger partial charge is 0.167 e. The maximum Gasteiger partial charge on any atom is 0.167 e. The van der Waals surface area contributed by atoms with Crippen LogP contribution in [0.15, 0.2) is 24.3 Å². The first-order valence-electron chi connectivity index (χ1n) is 3.49. The van der Waals surface area contributed by atoms with Gasteiger partial charge in [-0.05, 0) is 24.1 Å². The van der Waals surface area contributed by atoms with Crippen molar-refractivity contribution in [3.8, 4) is 5.75 Å². The van der Waals surface area contributed by atoms with Crippen LogP contribution in [0.5, 0.6) is 5.75 Å². The molecule has 0 aliphatic rings. The van der Waals surface area contributed by atoms with Crippen molar-refractivity contribution in [3.05, 3.63) is 29.8 Å². The molecule has 60 valence electrons. The normalized spacial score (nSPS) is 9.64. The van der Waals surface area contributed by atoms with Crippen molar-refractivity contribution < 1.29 is 9.88 Å². The van der Waals surface area contributed by atoms with Gasteiger partial charge in [0.2, 0.25) is 0 Å². The summed E-state index contributed by atoms with van der Waals surface area (Å²) < 4.78 is 0. The molecule has 3 heteroatoms. The number of rotatable bonds is 3. The van der Waals surface area contributed by atoms with E-state index in [9.17, 15) is 0 Å². The van der Waals surface area contributed by atoms with Gasteiger partial charge in [0.25, 0.3) is 0 Å². The lowest BCUT2D eigenvalue weighted by molar-refractivity contribution is -0.211. The lowest BCUT2D eigenvalue weighted by Crippen LogP contribution is -2.02. The van der Waals surface area contributed by atoms with Crippen LogP contribution in [0.1, 0.15) is 12.5 Å². The summed E-state index contributed by atoms with van der Waals surface area (Å²) in [6.07, 6.45) is 1.02. The molecule has 0 heterocycles. The van der Waals surface area contributed by atoms with Crippen LogP contribution in [0.25, 0.3) is 0 Å². The second-order valence-corrected chi connectivity index (χ2v) is 2.18. The van der Waals surface area contributed by atoms with E-state index in [1.54, 1.807) is 0 Å². The van der Waals surface area contributed by atoms with Crippen molar-refractivity contribution in [3.63, 3.8) is 0 Å². The summed E-state index contributed by atoms with van der Waals surface area (Å²) >= 11 is 0. The Labute approximate surface area is 65.6 Å². The molecule has 0 unspecified atom stereocenters. The molecular formula is C8H11NO2. The Hall–Kier alpha value is -1.06. The van der Waals surface area contributed by atoms with E-state index >= 15 is 0 Å². The average molecular weight is 153 g/mol. The Morgan fingerprint density at radius 1 is 1.27 bits per heavy atom. The fourth-order valence-corrected chi connectivity index (χ4v) is 0.836. The molecule has 0 atom stereocenters. The molecule has 3 nitrogen and oxygen atoms in total. The van der Waals surface area contributed by atoms with Crippen LogP contribution in [0, 0.1) is 0 Å². The zero-order valence-corrected chi connectivity index (χ0v) is 6.41. The van der Waals surface area contributed by atoms with E-state index in [1.807, 2.05) is 24.3 Å². The van der Waals surface area contributed by atoms with Crippen LogP contribution in [0.3, 0.4) is 0 Å². The van der Waals surface area contributed by atoms with E-state index in [1.165, 1.54) is 5.56 Å². The molecule has 0 spiro atoms. The summed E-state index contributed by atoms with van der Waals surface area (Å²) in [4.78, 5) is 8.58. The molecule has 0 radical (unpaired) electrons. The third-order valence-corrected chi connectivity index (χ3v) is 1.48. The van der Waals surface area contributed by atoms with Crippen molar-refractivity contribution in [2.75, 3.05) is 0 Å². The number of aryl methyl sites for hydroxylation is 1. The lowest BCUT2D eigenvalue weighted by Gasteiger charge is -1.99. The minimum atomic E-state index is 0.615. The van der Waals surface area contributed by atoms with E-state index in [0.717, 1.165) is 6.42 Å². The average Bonchev–Trinajstić information content (AvgIpc) is 2.07. The number of benzene rings is 1. The predicted molar refractivity (Wildman–Crippen MR) is 41.7 cm³/mol. The fraction of sp³-hybridized carbons (Fsp3) is 0.250. The van der Waals surface area contributed by atoms with Gasteiger partial charge in [-0.25, -0.2) is 0 Å². The van der Waals surface area contributed by atoms with Crippen LogP contribution in [0.2, 0.25) is 0 Å². The summed E-state index contributed by atoms with van der Waals surface area (Å²) in [7, 11) is 0. The Kier molecular flexibility index (Phi) is 2.89. The van der Waals surface area contributed by atoms with Gasteiger partial charge in [-0.2, -0.15) is 5.90 Å². The third-order valence-electron chi connectivity index (χ3n) is 1.48. The summed E-state index contributed by atoms with van der Waals surface area (Å²) in [5.74, 6) is 5.32. The Morgan fingerprint density at radius 3 is 2.36 bits per heavy atom. The first-order valence-corrected chi connectivity index (χ1v) is 3.49. The van der Waals surface area contributed by atoms with Crippen molar-refractivity contribution >= 4 is 0 Å². The molecule has 0 fully saturated rings. The Bertz CT molecular complexity index is 208. The summed E-state index contributed by atoms with van der Waals surface area (Å²) in [5, 5.41) is 0. The van der Waals surface area contributed by atoms with E-state index in [2.05, 4.69) is 16.8 Å². The number of nitrogens with two attached hydrogens (primary N) is 1. The Morgan fingerprint density at radius 2 is 1.91 bits per heavy atom. The molecule has 0 amide bonds. The van der Waals surface area contributed by atoms with Crippen molar-refractivity contribution in [1.82, 2.24) is 0 Å². The van der Waals surface area contributed by atoms with Crippen LogP contribution in [-0.2, 0) is 11.4 Å². The van der Waals surface area contributed by atoms with Crippen molar-refractivity contribution in [1.29, 1.82) is 0 Å². The fourth-order valence-electron chi connectivity index (χ4n) is 0.836. The quantitative estimate of drug-likeness (QED) is 0.527. The molecule has 0 saturated heterocycles. The van der Waals surface area contributed by atoms with Crippen LogP contribution < -0.4 is 10.8 Å². The van der Waals surface area contributed by atoms with Crippen LogP contribution >= 0.6 is 0 Å². The monoisotopic (exact) mass is 153 g/mol. The molecular weight excluding hydrogens is 142 g/mol. The van der Waals surface area contributed by atoms with Crippen LogP contribution in [0.4, 0.5) is 0 Å². The summed E-state index contributed by atoms with van der Waals surface area (Å²) in [6.45, 7) is 2.09. The van der Waals surface area contributed by atoms with Gasteiger partial charge in [-0.15, -0.1) is 0 Å². The van der Waals surface area contributed by atoms with Gasteiger partial charge in [0.15, 0.2) is 5.75 Å². The van der Waals surface area contributed by atoms with Gasteiger partial charge >= 0.3 is 0 Å². The lowest BCUT2D eigenvalue weighted by atomic mass is 10.2. The molecule has 1 rings (SSSR count). The molecule has 11 heavy (non-hydrogen) atoms. The van der Waals surface area contributed by atoms with Gasteiger partial charge < -0.3 is 4.89 Å². The number of hydrogen-bond donors (Lipinski definition) is 1. The standard InChI is InChI=1S/C8H11NO2/c1-2-7-3-5-8(6-4-7)10-11-9/h3-6H,2,9H2,1H3.